The summed E-state index contributed by atoms with van der Waals surface area (Å²) in [5.74, 6) is 0.422. The molecule has 0 aliphatic carbocycles. The van der Waals surface area contributed by atoms with Gasteiger partial charge in [-0.15, -0.1) is 0 Å². The number of benzene rings is 3. The summed E-state index contributed by atoms with van der Waals surface area (Å²) >= 11 is 0.784. The van der Waals surface area contributed by atoms with Crippen molar-refractivity contribution in [2.75, 3.05) is 27.9 Å². The van der Waals surface area contributed by atoms with Crippen molar-refractivity contribution in [1.82, 2.24) is 4.90 Å². The van der Waals surface area contributed by atoms with Gasteiger partial charge in [-0.05, 0) is 46.7 Å². The van der Waals surface area contributed by atoms with Crippen LogP contribution in [-0.4, -0.2) is 49.7 Å². The molecule has 7 nitrogen and oxygen atoms in total. The van der Waals surface area contributed by atoms with Crippen molar-refractivity contribution in [2.24, 2.45) is 0 Å². The first kappa shape index (κ1) is 24.1. The van der Waals surface area contributed by atoms with Gasteiger partial charge in [-0.25, -0.2) is 0 Å². The Kier molecular flexibility index (Phi) is 7.22. The summed E-state index contributed by atoms with van der Waals surface area (Å²) in [7, 11) is 4.48. The number of methoxy groups -OCH3 is 3. The Morgan fingerprint density at radius 1 is 0.857 bits per heavy atom. The summed E-state index contributed by atoms with van der Waals surface area (Å²) in [4.78, 5) is 39.5. The van der Waals surface area contributed by atoms with Gasteiger partial charge < -0.3 is 14.2 Å². The number of Topliss-reactive ketones (excluding diaryl/α,β-unsaturated/α-hetero) is 1. The van der Waals surface area contributed by atoms with Crippen LogP contribution in [0.5, 0.6) is 17.2 Å². The number of rotatable bonds is 8. The molecule has 0 atom stereocenters. The van der Waals surface area contributed by atoms with E-state index in [-0.39, 0.29) is 17.2 Å². The summed E-state index contributed by atoms with van der Waals surface area (Å²) < 4.78 is 16.0. The molecule has 0 unspecified atom stereocenters. The number of nitrogens with zero attached hydrogens (tertiary/aromatic N) is 1. The van der Waals surface area contributed by atoms with Gasteiger partial charge in [-0.3, -0.25) is 19.3 Å². The highest BCUT2D eigenvalue weighted by Crippen LogP contribution is 2.40. The summed E-state index contributed by atoms with van der Waals surface area (Å²) in [5.41, 5.74) is 3.03. The summed E-state index contributed by atoms with van der Waals surface area (Å²) in [5, 5.41) is -0.497. The molecule has 1 heterocycles. The van der Waals surface area contributed by atoms with Crippen LogP contribution in [0.15, 0.2) is 71.6 Å². The van der Waals surface area contributed by atoms with E-state index in [1.807, 2.05) is 42.5 Å². The minimum atomic E-state index is -0.525. The maximum absolute atomic E-state index is 12.9. The predicted octanol–water partition coefficient (Wildman–Crippen LogP) is 5.30. The van der Waals surface area contributed by atoms with Crippen LogP contribution in [0.3, 0.4) is 0 Å². The molecule has 1 aliphatic rings. The monoisotopic (exact) mass is 489 g/mol. The minimum absolute atomic E-state index is 0.205. The van der Waals surface area contributed by atoms with Crippen LogP contribution in [0.4, 0.5) is 4.79 Å². The van der Waals surface area contributed by atoms with Gasteiger partial charge >= 0.3 is 0 Å². The minimum Gasteiger partial charge on any atom is -0.493 e. The average Bonchev–Trinajstić information content (AvgIpc) is 3.15. The molecule has 2 amide bonds. The fraction of sp³-hybridized carbons (Fsp3) is 0.148. The highest BCUT2D eigenvalue weighted by molar-refractivity contribution is 8.18. The second kappa shape index (κ2) is 10.5. The van der Waals surface area contributed by atoms with Crippen molar-refractivity contribution in [2.45, 2.75) is 0 Å². The Hall–Kier alpha value is -4.04. The average molecular weight is 490 g/mol. The third-order valence-electron chi connectivity index (χ3n) is 5.47. The zero-order chi connectivity index (χ0) is 24.9. The zero-order valence-corrected chi connectivity index (χ0v) is 20.3. The SMILES string of the molecule is COc1cc(/C=C2\SC(=O)N(CC(=O)c3ccc(-c4ccccc4)cc3)C2=O)cc(OC)c1OC. The third-order valence-corrected chi connectivity index (χ3v) is 6.38. The number of amides is 2. The topological polar surface area (TPSA) is 82.1 Å². The molecular formula is C27H23NO6S. The third kappa shape index (κ3) is 5.07. The van der Waals surface area contributed by atoms with Gasteiger partial charge in [0.15, 0.2) is 17.3 Å². The van der Waals surface area contributed by atoms with E-state index in [1.165, 1.54) is 21.3 Å². The number of ketones is 1. The van der Waals surface area contributed by atoms with Crippen LogP contribution in [0.2, 0.25) is 0 Å². The molecule has 0 bridgehead atoms. The van der Waals surface area contributed by atoms with E-state index in [2.05, 4.69) is 0 Å². The number of carbonyl (C=O) groups is 3. The lowest BCUT2D eigenvalue weighted by atomic mass is 10.0. The van der Waals surface area contributed by atoms with Crippen molar-refractivity contribution >= 4 is 34.8 Å². The molecule has 0 aromatic heterocycles. The highest BCUT2D eigenvalue weighted by atomic mass is 32.2. The molecule has 4 rings (SSSR count). The first-order chi connectivity index (χ1) is 16.9. The molecule has 35 heavy (non-hydrogen) atoms. The van der Waals surface area contributed by atoms with Gasteiger partial charge in [0.25, 0.3) is 11.1 Å². The Labute approximate surface area is 207 Å². The van der Waals surface area contributed by atoms with Crippen molar-refractivity contribution in [3.05, 3.63) is 82.8 Å². The van der Waals surface area contributed by atoms with Crippen molar-refractivity contribution in [3.8, 4) is 28.4 Å². The molecule has 0 N–H and O–H groups in total. The van der Waals surface area contributed by atoms with Crippen LogP contribution in [0.25, 0.3) is 17.2 Å². The second-order valence-corrected chi connectivity index (χ2v) is 8.59. The molecule has 1 aliphatic heterocycles. The molecular weight excluding hydrogens is 466 g/mol. The lowest BCUT2D eigenvalue weighted by molar-refractivity contribution is -0.122. The molecule has 0 saturated carbocycles. The number of hydrogen-bond donors (Lipinski definition) is 0. The van der Waals surface area contributed by atoms with Crippen LogP contribution < -0.4 is 14.2 Å². The molecule has 1 saturated heterocycles. The number of ether oxygens (including phenoxy) is 3. The van der Waals surface area contributed by atoms with E-state index in [1.54, 1.807) is 30.3 Å². The van der Waals surface area contributed by atoms with Gasteiger partial charge in [0.2, 0.25) is 5.75 Å². The largest absolute Gasteiger partial charge is 0.493 e. The van der Waals surface area contributed by atoms with E-state index in [9.17, 15) is 14.4 Å². The lowest BCUT2D eigenvalue weighted by Gasteiger charge is -2.13. The Morgan fingerprint density at radius 2 is 1.46 bits per heavy atom. The summed E-state index contributed by atoms with van der Waals surface area (Å²) in [6, 6.07) is 20.2. The van der Waals surface area contributed by atoms with Crippen LogP contribution in [0.1, 0.15) is 15.9 Å². The number of thioether (sulfide) groups is 1. The number of hydrogen-bond acceptors (Lipinski definition) is 7. The number of carbonyl (C=O) groups excluding carboxylic acids is 3. The van der Waals surface area contributed by atoms with E-state index >= 15 is 0 Å². The summed E-state index contributed by atoms with van der Waals surface area (Å²) in [6.07, 6.45) is 1.56. The molecule has 3 aromatic carbocycles. The molecule has 1 fully saturated rings. The maximum Gasteiger partial charge on any atom is 0.293 e. The van der Waals surface area contributed by atoms with Crippen molar-refractivity contribution in [1.29, 1.82) is 0 Å². The van der Waals surface area contributed by atoms with Gasteiger partial charge in [0.05, 0.1) is 32.8 Å². The maximum atomic E-state index is 12.9. The van der Waals surface area contributed by atoms with Crippen LogP contribution in [0, 0.1) is 0 Å². The first-order valence-corrected chi connectivity index (χ1v) is 11.5. The molecule has 8 heteroatoms. The second-order valence-electron chi connectivity index (χ2n) is 7.59. The molecule has 3 aromatic rings. The summed E-state index contributed by atoms with van der Waals surface area (Å²) in [6.45, 7) is -0.331. The zero-order valence-electron chi connectivity index (χ0n) is 19.4. The van der Waals surface area contributed by atoms with E-state index in [0.717, 1.165) is 27.8 Å². The number of imide groups is 1. The first-order valence-electron chi connectivity index (χ1n) is 10.7. The predicted molar refractivity (Wildman–Crippen MR) is 135 cm³/mol. The van der Waals surface area contributed by atoms with Crippen LogP contribution >= 0.6 is 11.8 Å². The Bertz CT molecular complexity index is 1280. The smallest absolute Gasteiger partial charge is 0.293 e. The van der Waals surface area contributed by atoms with Crippen molar-refractivity contribution in [3.63, 3.8) is 0 Å². The van der Waals surface area contributed by atoms with Gasteiger partial charge in [-0.1, -0.05) is 54.6 Å². The van der Waals surface area contributed by atoms with E-state index in [0.29, 0.717) is 28.4 Å². The molecule has 0 radical (unpaired) electrons. The quantitative estimate of drug-likeness (QED) is 0.314. The van der Waals surface area contributed by atoms with Crippen molar-refractivity contribution < 1.29 is 28.6 Å². The van der Waals surface area contributed by atoms with Gasteiger partial charge in [0, 0.05) is 5.56 Å². The van der Waals surface area contributed by atoms with Crippen LogP contribution in [-0.2, 0) is 4.79 Å². The standard InChI is InChI=1S/C27H23NO6S/c1-32-22-13-17(14-23(33-2)25(22)34-3)15-24-26(30)28(27(31)35-24)16-21(29)20-11-9-19(10-12-20)18-7-5-4-6-8-18/h4-15H,16H2,1-3H3/b24-15-. The van der Waals surface area contributed by atoms with Gasteiger partial charge in [-0.2, -0.15) is 0 Å². The fourth-order valence-corrected chi connectivity index (χ4v) is 4.52. The Morgan fingerprint density at radius 3 is 2.03 bits per heavy atom. The normalized spacial score (nSPS) is 14.4. The highest BCUT2D eigenvalue weighted by Gasteiger charge is 2.36. The fourth-order valence-electron chi connectivity index (χ4n) is 3.69. The Balaban J connectivity index is 1.51. The van der Waals surface area contributed by atoms with Gasteiger partial charge in [0.1, 0.15) is 0 Å². The van der Waals surface area contributed by atoms with E-state index < -0.39 is 11.1 Å². The molecule has 0 spiro atoms. The molecule has 178 valence electrons. The lowest BCUT2D eigenvalue weighted by Crippen LogP contribution is -2.33. The van der Waals surface area contributed by atoms with E-state index in [4.69, 9.17) is 14.2 Å².